The minimum absolute atomic E-state index is 0.0422. The predicted octanol–water partition coefficient (Wildman–Crippen LogP) is -3.26. The van der Waals surface area contributed by atoms with Crippen molar-refractivity contribution in [3.63, 3.8) is 0 Å². The van der Waals surface area contributed by atoms with Crippen molar-refractivity contribution in [3.8, 4) is 0 Å². The molecule has 0 aliphatic carbocycles. The SMILES string of the molecule is CCCOC(=O)C(O)[C@H](O)[C@@H](O)[C@H](O)[C@H](O)CO. The number of hydrogen-bond acceptors (Lipinski definition) is 8. The number of carbonyl (C=O) groups excluding carboxylic acids is 1. The highest BCUT2D eigenvalue weighted by molar-refractivity contribution is 5.75. The van der Waals surface area contributed by atoms with Crippen LogP contribution in [-0.4, -0.2) is 80.3 Å². The van der Waals surface area contributed by atoms with Crippen molar-refractivity contribution >= 4 is 5.97 Å². The van der Waals surface area contributed by atoms with Crippen LogP contribution in [0.2, 0.25) is 0 Å². The van der Waals surface area contributed by atoms with Gasteiger partial charge in [0.1, 0.15) is 24.4 Å². The second-order valence-corrected chi connectivity index (χ2v) is 3.83. The molecule has 8 heteroatoms. The van der Waals surface area contributed by atoms with E-state index in [0.29, 0.717) is 6.42 Å². The molecular weight excluding hydrogens is 248 g/mol. The number of aliphatic hydroxyl groups excluding tert-OH is 6. The molecule has 0 saturated heterocycles. The van der Waals surface area contributed by atoms with E-state index in [2.05, 4.69) is 4.74 Å². The minimum atomic E-state index is -2.05. The Hall–Kier alpha value is -0.770. The molecule has 1 unspecified atom stereocenters. The summed E-state index contributed by atoms with van der Waals surface area (Å²) in [5.41, 5.74) is 0. The van der Waals surface area contributed by atoms with Crippen molar-refractivity contribution in [3.05, 3.63) is 0 Å². The van der Waals surface area contributed by atoms with Gasteiger partial charge in [-0.3, -0.25) is 0 Å². The van der Waals surface area contributed by atoms with E-state index in [1.165, 1.54) is 0 Å². The lowest BCUT2D eigenvalue weighted by atomic mass is 9.99. The molecule has 0 rings (SSSR count). The average Bonchev–Trinajstić information content (AvgIpc) is 2.40. The first kappa shape index (κ1) is 17.2. The van der Waals surface area contributed by atoms with Crippen LogP contribution in [-0.2, 0) is 9.53 Å². The van der Waals surface area contributed by atoms with Gasteiger partial charge in [-0.15, -0.1) is 0 Å². The summed E-state index contributed by atoms with van der Waals surface area (Å²) in [4.78, 5) is 11.2. The number of hydrogen-bond donors (Lipinski definition) is 6. The van der Waals surface area contributed by atoms with Crippen LogP contribution in [0.3, 0.4) is 0 Å². The summed E-state index contributed by atoms with van der Waals surface area (Å²) < 4.78 is 4.54. The largest absolute Gasteiger partial charge is 0.464 e. The van der Waals surface area contributed by atoms with Crippen LogP contribution in [0.15, 0.2) is 0 Å². The van der Waals surface area contributed by atoms with E-state index in [0.717, 1.165) is 0 Å². The molecule has 0 aromatic heterocycles. The fourth-order valence-electron chi connectivity index (χ4n) is 1.15. The first-order valence-electron chi connectivity index (χ1n) is 5.54. The third-order valence-electron chi connectivity index (χ3n) is 2.29. The standard InChI is InChI=1S/C10H20O8/c1-2-3-18-10(17)9(16)8(15)7(14)6(13)5(12)4-11/h5-9,11-16H,2-4H2,1H3/t5-,6-,7+,8-,9?/m1/s1. The lowest BCUT2D eigenvalue weighted by molar-refractivity contribution is -0.174. The molecule has 6 N–H and O–H groups in total. The molecule has 0 radical (unpaired) electrons. The second kappa shape index (κ2) is 8.35. The highest BCUT2D eigenvalue weighted by Gasteiger charge is 2.37. The van der Waals surface area contributed by atoms with E-state index in [1.54, 1.807) is 6.92 Å². The number of aliphatic hydroxyl groups is 6. The van der Waals surface area contributed by atoms with E-state index in [1.807, 2.05) is 0 Å². The molecular formula is C10H20O8. The van der Waals surface area contributed by atoms with Crippen molar-refractivity contribution in [2.75, 3.05) is 13.2 Å². The highest BCUT2D eigenvalue weighted by atomic mass is 16.5. The summed E-state index contributed by atoms with van der Waals surface area (Å²) in [6, 6.07) is 0. The summed E-state index contributed by atoms with van der Waals surface area (Å²) in [6.45, 7) is 0.925. The summed E-state index contributed by atoms with van der Waals surface area (Å²) in [5.74, 6) is -1.14. The van der Waals surface area contributed by atoms with Crippen molar-refractivity contribution in [2.24, 2.45) is 0 Å². The van der Waals surface area contributed by atoms with Crippen LogP contribution in [0.1, 0.15) is 13.3 Å². The summed E-state index contributed by atoms with van der Waals surface area (Å²) >= 11 is 0. The predicted molar refractivity (Wildman–Crippen MR) is 58.4 cm³/mol. The molecule has 0 aliphatic heterocycles. The Kier molecular flexibility index (Phi) is 8.00. The van der Waals surface area contributed by atoms with Gasteiger partial charge in [0, 0.05) is 0 Å². The molecule has 0 aromatic rings. The smallest absolute Gasteiger partial charge is 0.337 e. The van der Waals surface area contributed by atoms with Gasteiger partial charge >= 0.3 is 5.97 Å². The Morgan fingerprint density at radius 3 is 2.06 bits per heavy atom. The van der Waals surface area contributed by atoms with E-state index in [9.17, 15) is 25.2 Å². The molecule has 0 aliphatic rings. The Morgan fingerprint density at radius 2 is 1.61 bits per heavy atom. The Morgan fingerprint density at radius 1 is 1.06 bits per heavy atom. The third-order valence-corrected chi connectivity index (χ3v) is 2.29. The third kappa shape index (κ3) is 4.84. The normalized spacial score (nSPS) is 19.7. The number of rotatable bonds is 8. The molecule has 0 fully saturated rings. The number of carbonyl (C=O) groups is 1. The fraction of sp³-hybridized carbons (Fsp3) is 0.900. The molecule has 18 heavy (non-hydrogen) atoms. The van der Waals surface area contributed by atoms with Crippen LogP contribution in [0.5, 0.6) is 0 Å². The monoisotopic (exact) mass is 268 g/mol. The molecule has 0 bridgehead atoms. The minimum Gasteiger partial charge on any atom is -0.464 e. The Labute approximate surface area is 104 Å². The van der Waals surface area contributed by atoms with Crippen molar-refractivity contribution in [1.82, 2.24) is 0 Å². The molecule has 0 heterocycles. The van der Waals surface area contributed by atoms with Gasteiger partial charge in [-0.1, -0.05) is 6.92 Å². The molecule has 108 valence electrons. The number of esters is 1. The van der Waals surface area contributed by atoms with Gasteiger partial charge in [-0.25, -0.2) is 4.79 Å². The van der Waals surface area contributed by atoms with Gasteiger partial charge in [0.2, 0.25) is 0 Å². The molecule has 0 saturated carbocycles. The van der Waals surface area contributed by atoms with Crippen LogP contribution in [0.25, 0.3) is 0 Å². The molecule has 0 aromatic carbocycles. The fourth-order valence-corrected chi connectivity index (χ4v) is 1.15. The number of ether oxygens (including phenoxy) is 1. The molecule has 0 spiro atoms. The zero-order valence-electron chi connectivity index (χ0n) is 10.0. The highest BCUT2D eigenvalue weighted by Crippen LogP contribution is 2.09. The van der Waals surface area contributed by atoms with Crippen molar-refractivity contribution in [2.45, 2.75) is 43.9 Å². The van der Waals surface area contributed by atoms with Gasteiger partial charge in [0.25, 0.3) is 0 Å². The van der Waals surface area contributed by atoms with Crippen LogP contribution in [0, 0.1) is 0 Å². The van der Waals surface area contributed by atoms with Crippen molar-refractivity contribution < 1.29 is 40.2 Å². The molecule has 8 nitrogen and oxygen atoms in total. The van der Waals surface area contributed by atoms with Gasteiger partial charge in [-0.2, -0.15) is 0 Å². The Bertz CT molecular complexity index is 246. The van der Waals surface area contributed by atoms with Crippen LogP contribution < -0.4 is 0 Å². The molecule has 5 atom stereocenters. The average molecular weight is 268 g/mol. The molecule has 0 amide bonds. The van der Waals surface area contributed by atoms with Gasteiger partial charge < -0.3 is 35.4 Å². The zero-order chi connectivity index (χ0) is 14.3. The lowest BCUT2D eigenvalue weighted by Gasteiger charge is -2.27. The first-order valence-corrected chi connectivity index (χ1v) is 5.54. The van der Waals surface area contributed by atoms with E-state index in [-0.39, 0.29) is 6.61 Å². The summed E-state index contributed by atoms with van der Waals surface area (Å²) in [5, 5.41) is 55.0. The van der Waals surface area contributed by atoms with E-state index >= 15 is 0 Å². The lowest BCUT2D eigenvalue weighted by Crippen LogP contribution is -2.52. The van der Waals surface area contributed by atoms with Crippen LogP contribution in [0.4, 0.5) is 0 Å². The maximum Gasteiger partial charge on any atom is 0.337 e. The van der Waals surface area contributed by atoms with Gasteiger partial charge in [0.05, 0.1) is 13.2 Å². The maximum absolute atomic E-state index is 11.2. The summed E-state index contributed by atoms with van der Waals surface area (Å²) in [6.07, 6.45) is -9.18. The maximum atomic E-state index is 11.2. The second-order valence-electron chi connectivity index (χ2n) is 3.83. The van der Waals surface area contributed by atoms with Gasteiger partial charge in [-0.05, 0) is 6.42 Å². The zero-order valence-corrected chi connectivity index (χ0v) is 10.0. The van der Waals surface area contributed by atoms with Crippen LogP contribution >= 0.6 is 0 Å². The first-order chi connectivity index (χ1) is 8.36. The topological polar surface area (TPSA) is 148 Å². The Balaban J connectivity index is 4.43. The summed E-state index contributed by atoms with van der Waals surface area (Å²) in [7, 11) is 0. The van der Waals surface area contributed by atoms with E-state index in [4.69, 9.17) is 10.2 Å². The van der Waals surface area contributed by atoms with E-state index < -0.39 is 43.1 Å². The quantitative estimate of drug-likeness (QED) is 0.251. The van der Waals surface area contributed by atoms with Gasteiger partial charge in [0.15, 0.2) is 6.10 Å². The van der Waals surface area contributed by atoms with Crippen molar-refractivity contribution in [1.29, 1.82) is 0 Å².